The lowest BCUT2D eigenvalue weighted by Gasteiger charge is -2.11. The largest absolute Gasteiger partial charge is 0.497 e. The smallest absolute Gasteiger partial charge is 0.189 e. The summed E-state index contributed by atoms with van der Waals surface area (Å²) in [4.78, 5) is 8.48. The SMILES string of the molecule is COc1cccc(Nc2nc(SC)ncc2CO)c1. The number of thioether (sulfide) groups is 1. The summed E-state index contributed by atoms with van der Waals surface area (Å²) in [5, 5.41) is 13.1. The highest BCUT2D eigenvalue weighted by Crippen LogP contribution is 2.23. The highest BCUT2D eigenvalue weighted by atomic mass is 32.2. The number of nitrogens with zero attached hydrogens (tertiary/aromatic N) is 2. The molecule has 1 aromatic carbocycles. The summed E-state index contributed by atoms with van der Waals surface area (Å²) in [6.07, 6.45) is 3.53. The molecular weight excluding hydrogens is 262 g/mol. The molecule has 0 saturated carbocycles. The highest BCUT2D eigenvalue weighted by molar-refractivity contribution is 7.98. The summed E-state index contributed by atoms with van der Waals surface area (Å²) in [5.41, 5.74) is 1.50. The van der Waals surface area contributed by atoms with E-state index in [9.17, 15) is 5.11 Å². The molecule has 0 fully saturated rings. The molecule has 2 rings (SSSR count). The van der Waals surface area contributed by atoms with Crippen LogP contribution in [0.3, 0.4) is 0 Å². The van der Waals surface area contributed by atoms with Gasteiger partial charge < -0.3 is 15.2 Å². The molecule has 0 aliphatic heterocycles. The van der Waals surface area contributed by atoms with Gasteiger partial charge in [0.1, 0.15) is 11.6 Å². The molecule has 2 aromatic rings. The lowest BCUT2D eigenvalue weighted by Crippen LogP contribution is -2.02. The molecule has 1 aromatic heterocycles. The zero-order chi connectivity index (χ0) is 13.7. The quantitative estimate of drug-likeness (QED) is 0.646. The van der Waals surface area contributed by atoms with Crippen molar-refractivity contribution in [3.8, 4) is 5.75 Å². The van der Waals surface area contributed by atoms with Gasteiger partial charge in [-0.1, -0.05) is 17.8 Å². The van der Waals surface area contributed by atoms with Crippen molar-refractivity contribution in [3.63, 3.8) is 0 Å². The monoisotopic (exact) mass is 277 g/mol. The van der Waals surface area contributed by atoms with Crippen molar-refractivity contribution in [3.05, 3.63) is 36.0 Å². The Kier molecular flexibility index (Phi) is 4.59. The second-order valence-electron chi connectivity index (χ2n) is 3.75. The van der Waals surface area contributed by atoms with Crippen LogP contribution in [0.25, 0.3) is 0 Å². The number of nitrogens with one attached hydrogen (secondary N) is 1. The second kappa shape index (κ2) is 6.40. The normalized spacial score (nSPS) is 10.3. The number of methoxy groups -OCH3 is 1. The van der Waals surface area contributed by atoms with E-state index in [0.717, 1.165) is 11.4 Å². The van der Waals surface area contributed by atoms with Crippen molar-refractivity contribution >= 4 is 23.3 Å². The molecule has 5 nitrogen and oxygen atoms in total. The molecular formula is C13H15N3O2S. The zero-order valence-electron chi connectivity index (χ0n) is 10.8. The predicted molar refractivity (Wildman–Crippen MR) is 76.0 cm³/mol. The van der Waals surface area contributed by atoms with Crippen molar-refractivity contribution < 1.29 is 9.84 Å². The standard InChI is InChI=1S/C13H15N3O2S/c1-18-11-5-3-4-10(6-11)15-12-9(8-17)7-14-13(16-12)19-2/h3-7,17H,8H2,1-2H3,(H,14,15,16). The van der Waals surface area contributed by atoms with E-state index in [1.807, 2.05) is 30.5 Å². The van der Waals surface area contributed by atoms with Crippen LogP contribution in [0.4, 0.5) is 11.5 Å². The first-order chi connectivity index (χ1) is 9.26. The third-order valence-electron chi connectivity index (χ3n) is 2.53. The summed E-state index contributed by atoms with van der Waals surface area (Å²) in [7, 11) is 1.62. The van der Waals surface area contributed by atoms with Gasteiger partial charge in [-0.05, 0) is 18.4 Å². The molecule has 0 aliphatic carbocycles. The first-order valence-electron chi connectivity index (χ1n) is 5.68. The minimum absolute atomic E-state index is 0.110. The van der Waals surface area contributed by atoms with Crippen LogP contribution in [-0.4, -0.2) is 28.4 Å². The van der Waals surface area contributed by atoms with Gasteiger partial charge in [0.25, 0.3) is 0 Å². The number of aliphatic hydroxyl groups is 1. The Morgan fingerprint density at radius 2 is 2.26 bits per heavy atom. The van der Waals surface area contributed by atoms with Crippen molar-refractivity contribution in [1.29, 1.82) is 0 Å². The molecule has 0 amide bonds. The summed E-state index contributed by atoms with van der Waals surface area (Å²) in [6, 6.07) is 7.52. The van der Waals surface area contributed by atoms with Crippen LogP contribution < -0.4 is 10.1 Å². The van der Waals surface area contributed by atoms with Crippen LogP contribution in [0.2, 0.25) is 0 Å². The maximum atomic E-state index is 9.31. The van der Waals surface area contributed by atoms with Gasteiger partial charge in [0.15, 0.2) is 5.16 Å². The molecule has 19 heavy (non-hydrogen) atoms. The molecule has 0 saturated heterocycles. The molecule has 2 N–H and O–H groups in total. The Morgan fingerprint density at radius 1 is 1.42 bits per heavy atom. The number of hydrogen-bond donors (Lipinski definition) is 2. The fraction of sp³-hybridized carbons (Fsp3) is 0.231. The molecule has 0 radical (unpaired) electrons. The van der Waals surface area contributed by atoms with Gasteiger partial charge in [-0.15, -0.1) is 0 Å². The molecule has 6 heteroatoms. The van der Waals surface area contributed by atoms with Gasteiger partial charge in [-0.2, -0.15) is 0 Å². The first-order valence-corrected chi connectivity index (χ1v) is 6.91. The number of aliphatic hydroxyl groups excluding tert-OH is 1. The number of anilines is 2. The van der Waals surface area contributed by atoms with E-state index in [-0.39, 0.29) is 6.61 Å². The maximum Gasteiger partial charge on any atom is 0.189 e. The number of ether oxygens (including phenoxy) is 1. The summed E-state index contributed by atoms with van der Waals surface area (Å²) in [5.74, 6) is 1.37. The lowest BCUT2D eigenvalue weighted by atomic mass is 10.2. The average Bonchev–Trinajstić information content (AvgIpc) is 2.47. The van der Waals surface area contributed by atoms with Crippen LogP contribution in [-0.2, 0) is 6.61 Å². The fourth-order valence-corrected chi connectivity index (χ4v) is 1.89. The minimum Gasteiger partial charge on any atom is -0.497 e. The van der Waals surface area contributed by atoms with Crippen LogP contribution >= 0.6 is 11.8 Å². The van der Waals surface area contributed by atoms with E-state index in [2.05, 4.69) is 15.3 Å². The molecule has 0 atom stereocenters. The van der Waals surface area contributed by atoms with Gasteiger partial charge >= 0.3 is 0 Å². The number of benzene rings is 1. The molecule has 100 valence electrons. The molecule has 0 spiro atoms. The van der Waals surface area contributed by atoms with Crippen LogP contribution in [0, 0.1) is 0 Å². The topological polar surface area (TPSA) is 67.3 Å². The van der Waals surface area contributed by atoms with Gasteiger partial charge in [0, 0.05) is 23.5 Å². The van der Waals surface area contributed by atoms with E-state index in [4.69, 9.17) is 4.74 Å². The van der Waals surface area contributed by atoms with Gasteiger partial charge in [-0.3, -0.25) is 0 Å². The average molecular weight is 277 g/mol. The van der Waals surface area contributed by atoms with E-state index in [0.29, 0.717) is 16.5 Å². The Labute approximate surface area is 116 Å². The van der Waals surface area contributed by atoms with Crippen LogP contribution in [0.5, 0.6) is 5.75 Å². The van der Waals surface area contributed by atoms with Crippen molar-refractivity contribution in [2.75, 3.05) is 18.7 Å². The van der Waals surface area contributed by atoms with Gasteiger partial charge in [0.2, 0.25) is 0 Å². The first kappa shape index (κ1) is 13.6. The van der Waals surface area contributed by atoms with Crippen LogP contribution in [0.15, 0.2) is 35.6 Å². The Bertz CT molecular complexity index is 563. The predicted octanol–water partition coefficient (Wildman–Crippen LogP) is 2.44. The van der Waals surface area contributed by atoms with Crippen molar-refractivity contribution in [1.82, 2.24) is 9.97 Å². The second-order valence-corrected chi connectivity index (χ2v) is 4.52. The fourth-order valence-electron chi connectivity index (χ4n) is 1.55. The van der Waals surface area contributed by atoms with Gasteiger partial charge in [-0.25, -0.2) is 9.97 Å². The third-order valence-corrected chi connectivity index (χ3v) is 3.09. The molecule has 0 aliphatic rings. The number of hydrogen-bond acceptors (Lipinski definition) is 6. The lowest BCUT2D eigenvalue weighted by molar-refractivity contribution is 0.281. The molecule has 0 unspecified atom stereocenters. The Morgan fingerprint density at radius 3 is 2.95 bits per heavy atom. The van der Waals surface area contributed by atoms with Gasteiger partial charge in [0.05, 0.1) is 13.7 Å². The van der Waals surface area contributed by atoms with E-state index >= 15 is 0 Å². The minimum atomic E-state index is -0.110. The summed E-state index contributed by atoms with van der Waals surface area (Å²) in [6.45, 7) is -0.110. The summed E-state index contributed by atoms with van der Waals surface area (Å²) < 4.78 is 5.17. The Balaban J connectivity index is 2.30. The van der Waals surface area contributed by atoms with E-state index in [1.54, 1.807) is 13.3 Å². The summed E-state index contributed by atoms with van der Waals surface area (Å²) >= 11 is 1.45. The molecule has 1 heterocycles. The Hall–Kier alpha value is -1.79. The zero-order valence-corrected chi connectivity index (χ0v) is 11.6. The highest BCUT2D eigenvalue weighted by Gasteiger charge is 2.07. The van der Waals surface area contributed by atoms with Crippen LogP contribution in [0.1, 0.15) is 5.56 Å². The van der Waals surface area contributed by atoms with E-state index < -0.39 is 0 Å². The van der Waals surface area contributed by atoms with E-state index in [1.165, 1.54) is 11.8 Å². The number of rotatable bonds is 5. The molecule has 0 bridgehead atoms. The number of aromatic nitrogens is 2. The maximum absolute atomic E-state index is 9.31. The third kappa shape index (κ3) is 3.36. The van der Waals surface area contributed by atoms with Crippen molar-refractivity contribution in [2.24, 2.45) is 0 Å². The van der Waals surface area contributed by atoms with Crippen molar-refractivity contribution in [2.45, 2.75) is 11.8 Å².